The van der Waals surface area contributed by atoms with Crippen LogP contribution in [0.2, 0.25) is 25.7 Å². The largest absolute Gasteiger partial charge is 0.497 e. The highest BCUT2D eigenvalue weighted by Crippen LogP contribution is 2.37. The first kappa shape index (κ1) is 26.8. The van der Waals surface area contributed by atoms with Crippen LogP contribution >= 0.6 is 0 Å². The van der Waals surface area contributed by atoms with E-state index in [2.05, 4.69) is 19.6 Å². The van der Waals surface area contributed by atoms with Crippen LogP contribution in [0.4, 0.5) is 0 Å². The second-order valence-corrected chi connectivity index (χ2v) is 17.7. The van der Waals surface area contributed by atoms with E-state index in [4.69, 9.17) is 14.0 Å². The van der Waals surface area contributed by atoms with Crippen LogP contribution in [0.25, 0.3) is 11.0 Å². The van der Waals surface area contributed by atoms with Crippen LogP contribution < -0.4 is 11.2 Å². The molecule has 2 aliphatic rings. The van der Waals surface area contributed by atoms with Crippen LogP contribution in [0.3, 0.4) is 0 Å². The summed E-state index contributed by atoms with van der Waals surface area (Å²) in [6, 6.07) is 5.71. The van der Waals surface area contributed by atoms with Crippen molar-refractivity contribution in [2.24, 2.45) is 7.05 Å². The molecular formula is C25H38BN3O6Si. The summed E-state index contributed by atoms with van der Waals surface area (Å²) >= 11 is 0. The Balaban J connectivity index is 1.66. The van der Waals surface area contributed by atoms with Gasteiger partial charge in [0.1, 0.15) is 12.8 Å². The molecule has 1 aromatic carbocycles. The number of fused-ring (bicyclic) bond motifs is 1. The summed E-state index contributed by atoms with van der Waals surface area (Å²) in [6.07, 6.45) is 0.441. The van der Waals surface area contributed by atoms with E-state index in [1.807, 2.05) is 45.9 Å². The van der Waals surface area contributed by atoms with Crippen LogP contribution in [0.5, 0.6) is 0 Å². The smallest absolute Gasteiger partial charge is 0.399 e. The van der Waals surface area contributed by atoms with Gasteiger partial charge in [-0.25, -0.2) is 4.79 Å². The Bertz CT molecular complexity index is 1230. The normalized spacial score (nSPS) is 22.2. The van der Waals surface area contributed by atoms with Crippen LogP contribution in [0.1, 0.15) is 46.6 Å². The quantitative estimate of drug-likeness (QED) is 0.320. The third-order valence-corrected chi connectivity index (χ3v) is 9.36. The standard InChI is InChI=1S/C25H38BN3O6Si/c1-24(2)25(3,4)35-26(34-24)17-10-9-11-18-21(17)27(5)23(32)29(18)19-12-13-20(30)28(22(19)31)16-33-14-15-36(6,7)8/h9-11,19H,12-16H2,1-8H3. The number of hydrogen-bond donors (Lipinski definition) is 0. The van der Waals surface area contributed by atoms with Crippen molar-refractivity contribution in [2.75, 3.05) is 13.3 Å². The lowest BCUT2D eigenvalue weighted by Gasteiger charge is -2.32. The molecule has 36 heavy (non-hydrogen) atoms. The molecule has 0 spiro atoms. The SMILES string of the molecule is Cn1c(=O)n(C2CCC(=O)N(COCC[Si](C)(C)C)C2=O)c2cccc(B3OC(C)(C)C(C)(C)O3)c21. The van der Waals surface area contributed by atoms with Crippen LogP contribution in [0, 0.1) is 0 Å². The lowest BCUT2D eigenvalue weighted by molar-refractivity contribution is -0.157. The van der Waals surface area contributed by atoms with Gasteiger partial charge in [0.05, 0.1) is 22.2 Å². The number of aromatic nitrogens is 2. The lowest BCUT2D eigenvalue weighted by atomic mass is 9.78. The summed E-state index contributed by atoms with van der Waals surface area (Å²) in [6.45, 7) is 15.1. The lowest BCUT2D eigenvalue weighted by Crippen LogP contribution is -2.48. The minimum absolute atomic E-state index is 0.0860. The van der Waals surface area contributed by atoms with Crippen molar-refractivity contribution in [1.82, 2.24) is 14.0 Å². The zero-order chi connectivity index (χ0) is 26.6. The van der Waals surface area contributed by atoms with E-state index in [0.717, 1.165) is 16.4 Å². The van der Waals surface area contributed by atoms with Crippen molar-refractivity contribution >= 4 is 43.5 Å². The zero-order valence-corrected chi connectivity index (χ0v) is 23.7. The third kappa shape index (κ3) is 4.73. The number of hydrogen-bond acceptors (Lipinski definition) is 6. The highest BCUT2D eigenvalue weighted by molar-refractivity contribution is 6.76. The molecular weight excluding hydrogens is 477 g/mol. The van der Waals surface area contributed by atoms with Gasteiger partial charge in [0, 0.05) is 33.6 Å². The highest BCUT2D eigenvalue weighted by atomic mass is 28.3. The highest BCUT2D eigenvalue weighted by Gasteiger charge is 2.52. The van der Waals surface area contributed by atoms with Gasteiger partial charge in [-0.05, 0) is 46.2 Å². The van der Waals surface area contributed by atoms with Crippen molar-refractivity contribution < 1.29 is 23.6 Å². The Morgan fingerprint density at radius 3 is 2.33 bits per heavy atom. The molecule has 1 aromatic heterocycles. The second kappa shape index (κ2) is 9.27. The molecule has 2 amide bonds. The minimum Gasteiger partial charge on any atom is -0.399 e. The number of para-hydroxylation sites is 1. The summed E-state index contributed by atoms with van der Waals surface area (Å²) in [5, 5.41) is 0. The number of amides is 2. The number of rotatable bonds is 7. The average molecular weight is 515 g/mol. The zero-order valence-electron chi connectivity index (χ0n) is 22.7. The van der Waals surface area contributed by atoms with E-state index in [-0.39, 0.29) is 31.2 Å². The Labute approximate surface area is 213 Å². The molecule has 2 aliphatic heterocycles. The molecule has 0 bridgehead atoms. The monoisotopic (exact) mass is 515 g/mol. The molecule has 2 fully saturated rings. The van der Waals surface area contributed by atoms with Gasteiger partial charge in [-0.15, -0.1) is 0 Å². The number of piperidine rings is 1. The van der Waals surface area contributed by atoms with Gasteiger partial charge >= 0.3 is 12.8 Å². The summed E-state index contributed by atoms with van der Waals surface area (Å²) in [4.78, 5) is 40.7. The predicted octanol–water partition coefficient (Wildman–Crippen LogP) is 2.64. The predicted molar refractivity (Wildman–Crippen MR) is 142 cm³/mol. The van der Waals surface area contributed by atoms with E-state index in [1.165, 1.54) is 9.13 Å². The van der Waals surface area contributed by atoms with Gasteiger partial charge in [0.2, 0.25) is 5.91 Å². The first-order valence-corrected chi connectivity index (χ1v) is 16.3. The maximum atomic E-state index is 13.5. The van der Waals surface area contributed by atoms with Crippen molar-refractivity contribution in [3.63, 3.8) is 0 Å². The van der Waals surface area contributed by atoms with E-state index in [0.29, 0.717) is 17.6 Å². The Kier molecular flexibility index (Phi) is 6.91. The molecule has 2 saturated heterocycles. The number of imidazole rings is 1. The molecule has 0 saturated carbocycles. The summed E-state index contributed by atoms with van der Waals surface area (Å²) in [5.41, 5.74) is 0.621. The summed E-state index contributed by atoms with van der Waals surface area (Å²) in [5.74, 6) is -0.676. The molecule has 11 heteroatoms. The fourth-order valence-electron chi connectivity index (χ4n) is 4.66. The fourth-order valence-corrected chi connectivity index (χ4v) is 5.42. The number of imide groups is 1. The Morgan fingerprint density at radius 1 is 1.08 bits per heavy atom. The number of benzene rings is 1. The molecule has 0 aliphatic carbocycles. The maximum absolute atomic E-state index is 13.5. The molecule has 2 aromatic rings. The molecule has 1 unspecified atom stereocenters. The first-order valence-electron chi connectivity index (χ1n) is 12.6. The van der Waals surface area contributed by atoms with Crippen molar-refractivity contribution in [3.05, 3.63) is 28.7 Å². The van der Waals surface area contributed by atoms with E-state index < -0.39 is 38.3 Å². The van der Waals surface area contributed by atoms with Crippen molar-refractivity contribution in [3.8, 4) is 0 Å². The molecule has 4 rings (SSSR count). The fraction of sp³-hybridized carbons (Fsp3) is 0.640. The molecule has 3 heterocycles. The van der Waals surface area contributed by atoms with Gasteiger partial charge in [-0.1, -0.05) is 31.8 Å². The van der Waals surface area contributed by atoms with E-state index in [9.17, 15) is 14.4 Å². The number of carbonyl (C=O) groups excluding carboxylic acids is 2. The minimum atomic E-state index is -1.30. The topological polar surface area (TPSA) is 92.0 Å². The maximum Gasteiger partial charge on any atom is 0.497 e. The summed E-state index contributed by atoms with van der Waals surface area (Å²) in [7, 11) is -0.263. The number of carbonyl (C=O) groups is 2. The molecule has 0 N–H and O–H groups in total. The van der Waals surface area contributed by atoms with Gasteiger partial charge in [-0.2, -0.15) is 0 Å². The van der Waals surface area contributed by atoms with Crippen LogP contribution in [-0.4, -0.2) is 65.6 Å². The third-order valence-electron chi connectivity index (χ3n) is 7.65. The molecule has 9 nitrogen and oxygen atoms in total. The number of aryl methyl sites for hydroxylation is 1. The van der Waals surface area contributed by atoms with Gasteiger partial charge in [-0.3, -0.25) is 23.6 Å². The van der Waals surface area contributed by atoms with E-state index in [1.54, 1.807) is 7.05 Å². The first-order chi connectivity index (χ1) is 16.6. The van der Waals surface area contributed by atoms with Gasteiger partial charge in [0.15, 0.2) is 0 Å². The van der Waals surface area contributed by atoms with Crippen molar-refractivity contribution in [1.29, 1.82) is 0 Å². The second-order valence-electron chi connectivity index (χ2n) is 12.1. The van der Waals surface area contributed by atoms with Gasteiger partial charge in [0.25, 0.3) is 5.91 Å². The molecule has 196 valence electrons. The van der Waals surface area contributed by atoms with Crippen molar-refractivity contribution in [2.45, 2.75) is 83.5 Å². The van der Waals surface area contributed by atoms with Crippen LogP contribution in [0.15, 0.2) is 23.0 Å². The Hall–Kier alpha value is -2.21. The van der Waals surface area contributed by atoms with Gasteiger partial charge < -0.3 is 14.0 Å². The summed E-state index contributed by atoms with van der Waals surface area (Å²) < 4.78 is 21.3. The Morgan fingerprint density at radius 2 is 1.72 bits per heavy atom. The molecule has 0 radical (unpaired) electrons. The molecule has 1 atom stereocenters. The number of likely N-dealkylation sites (tertiary alicyclic amines) is 1. The number of ether oxygens (including phenoxy) is 1. The van der Waals surface area contributed by atoms with E-state index >= 15 is 0 Å². The average Bonchev–Trinajstić information content (AvgIpc) is 3.15. The number of nitrogens with zero attached hydrogens (tertiary/aromatic N) is 3. The van der Waals surface area contributed by atoms with Crippen LogP contribution in [-0.2, 0) is 30.7 Å².